The summed E-state index contributed by atoms with van der Waals surface area (Å²) in [6.07, 6.45) is 7.50. The summed E-state index contributed by atoms with van der Waals surface area (Å²) in [5.41, 5.74) is 0.628. The second kappa shape index (κ2) is 4.65. The standard InChI is InChI=1S/C13H26O/c1-5-12(6-2)10-9-11-14-13(12,7-3)8-4/h5-11H2,1-4H3. The van der Waals surface area contributed by atoms with Gasteiger partial charge in [0, 0.05) is 6.61 Å². The Morgan fingerprint density at radius 3 is 1.86 bits per heavy atom. The van der Waals surface area contributed by atoms with E-state index in [0.717, 1.165) is 6.61 Å². The fourth-order valence-corrected chi connectivity index (χ4v) is 3.51. The van der Waals surface area contributed by atoms with Crippen LogP contribution < -0.4 is 0 Å². The van der Waals surface area contributed by atoms with E-state index in [9.17, 15) is 0 Å². The number of hydrogen-bond acceptors (Lipinski definition) is 1. The van der Waals surface area contributed by atoms with Crippen LogP contribution in [-0.4, -0.2) is 12.2 Å². The fourth-order valence-electron chi connectivity index (χ4n) is 3.51. The van der Waals surface area contributed by atoms with Crippen LogP contribution in [0.1, 0.15) is 66.2 Å². The first kappa shape index (κ1) is 12.0. The molecule has 0 aromatic heterocycles. The van der Waals surface area contributed by atoms with Crippen LogP contribution in [0.5, 0.6) is 0 Å². The molecule has 0 unspecified atom stereocenters. The molecule has 0 atom stereocenters. The van der Waals surface area contributed by atoms with Crippen LogP contribution in [-0.2, 0) is 4.74 Å². The van der Waals surface area contributed by atoms with Gasteiger partial charge in [0.2, 0.25) is 0 Å². The lowest BCUT2D eigenvalue weighted by Gasteiger charge is -2.53. The van der Waals surface area contributed by atoms with E-state index in [2.05, 4.69) is 27.7 Å². The van der Waals surface area contributed by atoms with Crippen LogP contribution in [0.2, 0.25) is 0 Å². The van der Waals surface area contributed by atoms with Gasteiger partial charge in [-0.1, -0.05) is 27.7 Å². The Morgan fingerprint density at radius 2 is 1.50 bits per heavy atom. The zero-order valence-electron chi connectivity index (χ0n) is 10.4. The average Bonchev–Trinajstić information content (AvgIpc) is 2.28. The Morgan fingerprint density at radius 1 is 0.929 bits per heavy atom. The predicted molar refractivity (Wildman–Crippen MR) is 61.5 cm³/mol. The molecule has 0 bridgehead atoms. The Hall–Kier alpha value is -0.0400. The lowest BCUT2D eigenvalue weighted by Crippen LogP contribution is -2.52. The lowest BCUT2D eigenvalue weighted by molar-refractivity contribution is -0.179. The highest BCUT2D eigenvalue weighted by Crippen LogP contribution is 2.51. The molecular weight excluding hydrogens is 172 g/mol. The molecule has 1 aliphatic heterocycles. The van der Waals surface area contributed by atoms with Gasteiger partial charge in [0.25, 0.3) is 0 Å². The van der Waals surface area contributed by atoms with E-state index in [-0.39, 0.29) is 5.60 Å². The minimum atomic E-state index is 0.175. The predicted octanol–water partition coefficient (Wildman–Crippen LogP) is 4.16. The third kappa shape index (κ3) is 1.60. The molecule has 1 fully saturated rings. The summed E-state index contributed by atoms with van der Waals surface area (Å²) in [5, 5.41) is 0. The van der Waals surface area contributed by atoms with Crippen LogP contribution in [0.15, 0.2) is 0 Å². The largest absolute Gasteiger partial charge is 0.374 e. The maximum absolute atomic E-state index is 6.16. The number of hydrogen-bond donors (Lipinski definition) is 0. The summed E-state index contributed by atoms with van der Waals surface area (Å²) in [4.78, 5) is 0. The Bertz CT molecular complexity index is 146. The first-order valence-corrected chi connectivity index (χ1v) is 6.34. The third-order valence-corrected chi connectivity index (χ3v) is 4.64. The second-order valence-corrected chi connectivity index (χ2v) is 4.64. The molecule has 0 spiro atoms. The highest BCUT2D eigenvalue weighted by Gasteiger charge is 2.49. The van der Waals surface area contributed by atoms with E-state index in [1.54, 1.807) is 0 Å². The number of ether oxygens (including phenoxy) is 1. The molecule has 0 amide bonds. The molecule has 1 aliphatic rings. The highest BCUT2D eigenvalue weighted by atomic mass is 16.5. The van der Waals surface area contributed by atoms with Crippen LogP contribution in [0.3, 0.4) is 0 Å². The SMILES string of the molecule is CCC1(CC)CCCOC1(CC)CC. The maximum atomic E-state index is 6.16. The van der Waals surface area contributed by atoms with Crippen molar-refractivity contribution >= 4 is 0 Å². The van der Waals surface area contributed by atoms with Gasteiger partial charge in [0.1, 0.15) is 0 Å². The summed E-state index contributed by atoms with van der Waals surface area (Å²) in [6, 6.07) is 0. The molecule has 1 rings (SSSR count). The normalized spacial score (nSPS) is 24.9. The van der Waals surface area contributed by atoms with Crippen molar-refractivity contribution in [3.05, 3.63) is 0 Å². The van der Waals surface area contributed by atoms with E-state index in [4.69, 9.17) is 4.74 Å². The van der Waals surface area contributed by atoms with E-state index >= 15 is 0 Å². The van der Waals surface area contributed by atoms with Crippen molar-refractivity contribution in [2.24, 2.45) is 5.41 Å². The molecule has 1 heterocycles. The van der Waals surface area contributed by atoms with Crippen molar-refractivity contribution in [1.29, 1.82) is 0 Å². The first-order valence-electron chi connectivity index (χ1n) is 6.34. The molecule has 84 valence electrons. The van der Waals surface area contributed by atoms with Crippen LogP contribution in [0.25, 0.3) is 0 Å². The summed E-state index contributed by atoms with van der Waals surface area (Å²) < 4.78 is 6.16. The second-order valence-electron chi connectivity index (χ2n) is 4.64. The minimum absolute atomic E-state index is 0.175. The quantitative estimate of drug-likeness (QED) is 0.659. The Labute approximate surface area is 89.2 Å². The van der Waals surface area contributed by atoms with E-state index in [1.165, 1.54) is 38.5 Å². The molecular formula is C13H26O. The molecule has 1 nitrogen and oxygen atoms in total. The van der Waals surface area contributed by atoms with Crippen molar-refractivity contribution in [3.63, 3.8) is 0 Å². The fraction of sp³-hybridized carbons (Fsp3) is 1.00. The van der Waals surface area contributed by atoms with Crippen molar-refractivity contribution < 1.29 is 4.74 Å². The molecule has 0 aliphatic carbocycles. The monoisotopic (exact) mass is 198 g/mol. The van der Waals surface area contributed by atoms with Gasteiger partial charge >= 0.3 is 0 Å². The van der Waals surface area contributed by atoms with Gasteiger partial charge in [0.05, 0.1) is 5.60 Å². The van der Waals surface area contributed by atoms with Gasteiger partial charge < -0.3 is 4.74 Å². The summed E-state index contributed by atoms with van der Waals surface area (Å²) in [7, 11) is 0. The lowest BCUT2D eigenvalue weighted by atomic mass is 9.62. The Balaban J connectivity index is 2.96. The highest BCUT2D eigenvalue weighted by molar-refractivity contribution is 4.99. The smallest absolute Gasteiger partial charge is 0.0733 e. The van der Waals surface area contributed by atoms with Gasteiger partial charge in [-0.3, -0.25) is 0 Å². The van der Waals surface area contributed by atoms with E-state index < -0.39 is 0 Å². The molecule has 0 radical (unpaired) electrons. The molecule has 0 aromatic rings. The van der Waals surface area contributed by atoms with Gasteiger partial charge in [-0.25, -0.2) is 0 Å². The van der Waals surface area contributed by atoms with Gasteiger partial charge in [-0.2, -0.15) is 0 Å². The topological polar surface area (TPSA) is 9.23 Å². The van der Waals surface area contributed by atoms with Crippen LogP contribution in [0, 0.1) is 5.41 Å². The molecule has 0 aromatic carbocycles. The number of rotatable bonds is 4. The maximum Gasteiger partial charge on any atom is 0.0733 e. The first-order chi connectivity index (χ1) is 6.70. The summed E-state index contributed by atoms with van der Waals surface area (Å²) in [5.74, 6) is 0. The van der Waals surface area contributed by atoms with Crippen molar-refractivity contribution in [1.82, 2.24) is 0 Å². The summed E-state index contributed by atoms with van der Waals surface area (Å²) in [6.45, 7) is 10.2. The average molecular weight is 198 g/mol. The van der Waals surface area contributed by atoms with E-state index in [0.29, 0.717) is 5.41 Å². The van der Waals surface area contributed by atoms with E-state index in [1.807, 2.05) is 0 Å². The Kier molecular flexibility index (Phi) is 4.00. The van der Waals surface area contributed by atoms with Crippen LogP contribution >= 0.6 is 0 Å². The zero-order chi connectivity index (χ0) is 10.7. The van der Waals surface area contributed by atoms with Crippen LogP contribution in [0.4, 0.5) is 0 Å². The van der Waals surface area contributed by atoms with Gasteiger partial charge in [-0.15, -0.1) is 0 Å². The van der Waals surface area contributed by atoms with Gasteiger partial charge in [0.15, 0.2) is 0 Å². The van der Waals surface area contributed by atoms with Crippen molar-refractivity contribution in [2.45, 2.75) is 71.8 Å². The molecule has 0 N–H and O–H groups in total. The third-order valence-electron chi connectivity index (χ3n) is 4.64. The summed E-state index contributed by atoms with van der Waals surface area (Å²) >= 11 is 0. The van der Waals surface area contributed by atoms with Gasteiger partial charge in [-0.05, 0) is 43.9 Å². The van der Waals surface area contributed by atoms with Crippen molar-refractivity contribution in [3.8, 4) is 0 Å². The zero-order valence-corrected chi connectivity index (χ0v) is 10.4. The molecule has 0 saturated carbocycles. The van der Waals surface area contributed by atoms with Crippen molar-refractivity contribution in [2.75, 3.05) is 6.61 Å². The minimum Gasteiger partial charge on any atom is -0.374 e. The molecule has 1 saturated heterocycles. The molecule has 14 heavy (non-hydrogen) atoms. The molecule has 1 heteroatoms.